The minimum Gasteiger partial charge on any atom is -0.327 e. The van der Waals surface area contributed by atoms with E-state index in [0.717, 1.165) is 43.8 Å². The lowest BCUT2D eigenvalue weighted by Crippen LogP contribution is -2.26. The van der Waals surface area contributed by atoms with Crippen LogP contribution in [0.5, 0.6) is 0 Å². The van der Waals surface area contributed by atoms with E-state index in [-0.39, 0.29) is 5.91 Å². The molecular formula is C20H22N4O. The minimum atomic E-state index is -0.0399. The van der Waals surface area contributed by atoms with Gasteiger partial charge in [-0.3, -0.25) is 9.69 Å². The summed E-state index contributed by atoms with van der Waals surface area (Å²) in [5.74, 6) is 1.15. The van der Waals surface area contributed by atoms with Crippen molar-refractivity contribution in [3.8, 4) is 0 Å². The molecule has 1 N–H and O–H groups in total. The van der Waals surface area contributed by atoms with Crippen molar-refractivity contribution in [2.24, 2.45) is 0 Å². The number of carbonyl (C=O) groups excluding carboxylic acids is 1. The number of nitrogens with one attached hydrogen (secondary N) is 1. The molecule has 5 heteroatoms. The molecule has 1 aromatic heterocycles. The van der Waals surface area contributed by atoms with Crippen molar-refractivity contribution in [3.05, 3.63) is 59.9 Å². The van der Waals surface area contributed by atoms with Crippen LogP contribution in [-0.4, -0.2) is 33.4 Å². The van der Waals surface area contributed by atoms with Crippen LogP contribution >= 0.6 is 0 Å². The first-order valence-electron chi connectivity index (χ1n) is 8.72. The van der Waals surface area contributed by atoms with E-state index in [1.165, 1.54) is 23.8 Å². The maximum Gasteiger partial charge on any atom is 0.221 e. The summed E-state index contributed by atoms with van der Waals surface area (Å²) in [6.07, 6.45) is 0.971. The van der Waals surface area contributed by atoms with Gasteiger partial charge in [0, 0.05) is 45.2 Å². The van der Waals surface area contributed by atoms with Crippen molar-refractivity contribution in [1.29, 1.82) is 0 Å². The second kappa shape index (κ2) is 6.69. The van der Waals surface area contributed by atoms with E-state index in [1.807, 2.05) is 18.2 Å². The lowest BCUT2D eigenvalue weighted by Gasteiger charge is -2.19. The molecule has 5 nitrogen and oxygen atoms in total. The zero-order valence-corrected chi connectivity index (χ0v) is 14.4. The van der Waals surface area contributed by atoms with Crippen molar-refractivity contribution >= 4 is 22.6 Å². The Morgan fingerprint density at radius 2 is 1.88 bits per heavy atom. The topological polar surface area (TPSA) is 50.2 Å². The number of anilines is 1. The molecule has 0 saturated carbocycles. The lowest BCUT2D eigenvalue weighted by molar-refractivity contribution is -0.114. The number of imidazole rings is 1. The SMILES string of the molecule is CC(=O)Nc1ccc(CN2CCc3nc4ccccc4n3CC2)cc1. The zero-order chi connectivity index (χ0) is 17.2. The quantitative estimate of drug-likeness (QED) is 0.801. The molecule has 128 valence electrons. The highest BCUT2D eigenvalue weighted by molar-refractivity contribution is 5.88. The number of para-hydroxylation sites is 2. The second-order valence-corrected chi connectivity index (χ2v) is 6.57. The van der Waals surface area contributed by atoms with E-state index in [4.69, 9.17) is 4.98 Å². The molecule has 3 aromatic rings. The molecular weight excluding hydrogens is 312 g/mol. The van der Waals surface area contributed by atoms with Crippen LogP contribution < -0.4 is 5.32 Å². The molecule has 0 bridgehead atoms. The van der Waals surface area contributed by atoms with Crippen LogP contribution in [0.15, 0.2) is 48.5 Å². The lowest BCUT2D eigenvalue weighted by atomic mass is 10.2. The first kappa shape index (κ1) is 15.8. The fraction of sp³-hybridized carbons (Fsp3) is 0.300. The van der Waals surface area contributed by atoms with Crippen LogP contribution in [0.4, 0.5) is 5.69 Å². The summed E-state index contributed by atoms with van der Waals surface area (Å²) >= 11 is 0. The molecule has 25 heavy (non-hydrogen) atoms. The van der Waals surface area contributed by atoms with E-state index in [1.54, 1.807) is 0 Å². The van der Waals surface area contributed by atoms with Crippen LogP contribution in [0.25, 0.3) is 11.0 Å². The maximum atomic E-state index is 11.1. The Morgan fingerprint density at radius 1 is 1.08 bits per heavy atom. The van der Waals surface area contributed by atoms with Gasteiger partial charge in [0.25, 0.3) is 0 Å². The number of hydrogen-bond donors (Lipinski definition) is 1. The zero-order valence-electron chi connectivity index (χ0n) is 14.4. The Bertz CT molecular complexity index is 898. The largest absolute Gasteiger partial charge is 0.327 e. The van der Waals surface area contributed by atoms with E-state index >= 15 is 0 Å². The number of benzene rings is 2. The highest BCUT2D eigenvalue weighted by Crippen LogP contribution is 2.20. The van der Waals surface area contributed by atoms with Crippen molar-refractivity contribution in [3.63, 3.8) is 0 Å². The summed E-state index contributed by atoms with van der Waals surface area (Å²) < 4.78 is 2.36. The Morgan fingerprint density at radius 3 is 2.68 bits per heavy atom. The third-order valence-electron chi connectivity index (χ3n) is 4.71. The van der Waals surface area contributed by atoms with Crippen molar-refractivity contribution < 1.29 is 4.79 Å². The predicted octanol–water partition coefficient (Wildman–Crippen LogP) is 3.05. The van der Waals surface area contributed by atoms with Gasteiger partial charge in [-0.05, 0) is 29.8 Å². The second-order valence-electron chi connectivity index (χ2n) is 6.57. The van der Waals surface area contributed by atoms with Gasteiger partial charge in [0.2, 0.25) is 5.91 Å². The summed E-state index contributed by atoms with van der Waals surface area (Å²) in [6.45, 7) is 5.44. The Balaban J connectivity index is 1.44. The summed E-state index contributed by atoms with van der Waals surface area (Å²) in [5, 5.41) is 2.81. The van der Waals surface area contributed by atoms with Gasteiger partial charge in [0.1, 0.15) is 5.82 Å². The van der Waals surface area contributed by atoms with Gasteiger partial charge in [-0.25, -0.2) is 4.98 Å². The Hall–Kier alpha value is -2.66. The Kier molecular flexibility index (Phi) is 4.24. The summed E-state index contributed by atoms with van der Waals surface area (Å²) in [6, 6.07) is 16.5. The molecule has 0 radical (unpaired) electrons. The van der Waals surface area contributed by atoms with Crippen LogP contribution in [0, 0.1) is 0 Å². The average molecular weight is 334 g/mol. The molecule has 2 aromatic carbocycles. The van der Waals surface area contributed by atoms with E-state index in [2.05, 4.69) is 45.1 Å². The van der Waals surface area contributed by atoms with Crippen molar-refractivity contribution in [2.75, 3.05) is 18.4 Å². The summed E-state index contributed by atoms with van der Waals surface area (Å²) in [7, 11) is 0. The first-order chi connectivity index (χ1) is 12.2. The minimum absolute atomic E-state index is 0.0399. The van der Waals surface area contributed by atoms with Crippen molar-refractivity contribution in [1.82, 2.24) is 14.5 Å². The van der Waals surface area contributed by atoms with E-state index < -0.39 is 0 Å². The smallest absolute Gasteiger partial charge is 0.221 e. The molecule has 1 aliphatic rings. The summed E-state index contributed by atoms with van der Waals surface area (Å²) in [4.78, 5) is 18.4. The monoisotopic (exact) mass is 334 g/mol. The highest BCUT2D eigenvalue weighted by Gasteiger charge is 2.17. The number of hydrogen-bond acceptors (Lipinski definition) is 3. The molecule has 0 atom stereocenters. The number of carbonyl (C=O) groups is 1. The van der Waals surface area contributed by atoms with Crippen molar-refractivity contribution in [2.45, 2.75) is 26.4 Å². The number of rotatable bonds is 3. The van der Waals surface area contributed by atoms with Gasteiger partial charge in [-0.15, -0.1) is 0 Å². The van der Waals surface area contributed by atoms with Crippen LogP contribution in [0.1, 0.15) is 18.3 Å². The van der Waals surface area contributed by atoms with Crippen LogP contribution in [-0.2, 0) is 24.3 Å². The third-order valence-corrected chi connectivity index (χ3v) is 4.71. The van der Waals surface area contributed by atoms with Gasteiger partial charge < -0.3 is 9.88 Å². The number of nitrogens with zero attached hydrogens (tertiary/aromatic N) is 3. The molecule has 0 aliphatic carbocycles. The van der Waals surface area contributed by atoms with Gasteiger partial charge in [0.15, 0.2) is 0 Å². The molecule has 0 unspecified atom stereocenters. The fourth-order valence-electron chi connectivity index (χ4n) is 3.49. The first-order valence-corrected chi connectivity index (χ1v) is 8.72. The van der Waals surface area contributed by atoms with Gasteiger partial charge >= 0.3 is 0 Å². The molecule has 4 rings (SSSR count). The standard InChI is InChI=1S/C20H22N4O/c1-15(25)21-17-8-6-16(7-9-17)14-23-11-10-20-22-18-4-2-3-5-19(18)24(20)13-12-23/h2-9H,10-14H2,1H3,(H,21,25). The fourth-order valence-corrected chi connectivity index (χ4v) is 3.49. The Labute approximate surface area is 147 Å². The highest BCUT2D eigenvalue weighted by atomic mass is 16.1. The van der Waals surface area contributed by atoms with E-state index in [0.29, 0.717) is 0 Å². The average Bonchev–Trinajstić information content (AvgIpc) is 2.84. The number of amides is 1. The molecule has 1 amide bonds. The maximum absolute atomic E-state index is 11.1. The third kappa shape index (κ3) is 3.42. The molecule has 0 saturated heterocycles. The predicted molar refractivity (Wildman–Crippen MR) is 99.5 cm³/mol. The number of aromatic nitrogens is 2. The number of fused-ring (bicyclic) bond motifs is 3. The van der Waals surface area contributed by atoms with Crippen LogP contribution in [0.2, 0.25) is 0 Å². The van der Waals surface area contributed by atoms with E-state index in [9.17, 15) is 4.79 Å². The van der Waals surface area contributed by atoms with Gasteiger partial charge in [-0.1, -0.05) is 24.3 Å². The normalized spacial score (nSPS) is 14.9. The van der Waals surface area contributed by atoms with Gasteiger partial charge in [0.05, 0.1) is 11.0 Å². The molecule has 0 fully saturated rings. The molecule has 0 spiro atoms. The summed E-state index contributed by atoms with van der Waals surface area (Å²) in [5.41, 5.74) is 4.44. The van der Waals surface area contributed by atoms with Crippen LogP contribution in [0.3, 0.4) is 0 Å². The molecule has 1 aliphatic heterocycles. The van der Waals surface area contributed by atoms with Gasteiger partial charge in [-0.2, -0.15) is 0 Å². The molecule has 2 heterocycles.